The molecule has 0 aromatic heterocycles. The zero-order chi connectivity index (χ0) is 18.7. The summed E-state index contributed by atoms with van der Waals surface area (Å²) in [7, 11) is 0. The van der Waals surface area contributed by atoms with Gasteiger partial charge in [-0.15, -0.1) is 0 Å². The normalized spacial score (nSPS) is 19.8. The molecular formula is C18H21N5O3. The van der Waals surface area contributed by atoms with Crippen molar-refractivity contribution < 1.29 is 14.4 Å². The molecule has 8 nitrogen and oxygen atoms in total. The summed E-state index contributed by atoms with van der Waals surface area (Å²) in [5.74, 6) is -0.325. The highest BCUT2D eigenvalue weighted by Gasteiger charge is 2.28. The highest BCUT2D eigenvalue weighted by Crippen LogP contribution is 2.18. The Morgan fingerprint density at radius 2 is 2.00 bits per heavy atom. The Labute approximate surface area is 151 Å². The van der Waals surface area contributed by atoms with Crippen LogP contribution in [0.25, 0.3) is 0 Å². The maximum atomic E-state index is 12.4. The number of carbonyl (C=O) groups is 3. The molecule has 1 atom stereocenters. The smallest absolute Gasteiger partial charge is 0.323 e. The average Bonchev–Trinajstić information content (AvgIpc) is 3.11. The highest BCUT2D eigenvalue weighted by molar-refractivity contribution is 6.00. The van der Waals surface area contributed by atoms with Gasteiger partial charge in [-0.05, 0) is 24.5 Å². The van der Waals surface area contributed by atoms with Gasteiger partial charge in [0.25, 0.3) is 11.8 Å². The van der Waals surface area contributed by atoms with Crippen molar-refractivity contribution in [2.45, 2.75) is 6.42 Å². The minimum absolute atomic E-state index is 0.00559. The zero-order valence-electron chi connectivity index (χ0n) is 14.2. The predicted molar refractivity (Wildman–Crippen MR) is 95.5 cm³/mol. The molecule has 0 saturated carbocycles. The van der Waals surface area contributed by atoms with Crippen molar-refractivity contribution in [2.24, 2.45) is 11.7 Å². The number of hydrogen-bond donors (Lipinski definition) is 4. The van der Waals surface area contributed by atoms with Crippen LogP contribution in [0.15, 0.2) is 54.0 Å². The molecule has 1 fully saturated rings. The first-order valence-corrected chi connectivity index (χ1v) is 8.35. The number of nitrogens with two attached hydrogens (primary N) is 1. The van der Waals surface area contributed by atoms with E-state index in [0.717, 1.165) is 6.42 Å². The monoisotopic (exact) mass is 355 g/mol. The molecule has 1 unspecified atom stereocenters. The van der Waals surface area contributed by atoms with Gasteiger partial charge in [0, 0.05) is 25.2 Å². The highest BCUT2D eigenvalue weighted by atomic mass is 16.2. The van der Waals surface area contributed by atoms with E-state index in [1.807, 2.05) is 18.2 Å². The lowest BCUT2D eigenvalue weighted by Crippen LogP contribution is -2.47. The molecular weight excluding hydrogens is 334 g/mol. The number of likely N-dealkylation sites (tertiary alicyclic amines) is 1. The molecule has 2 heterocycles. The maximum Gasteiger partial charge on any atom is 0.323 e. The largest absolute Gasteiger partial charge is 0.395 e. The number of urea groups is 1. The Kier molecular flexibility index (Phi) is 4.92. The van der Waals surface area contributed by atoms with Crippen LogP contribution < -0.4 is 21.7 Å². The van der Waals surface area contributed by atoms with Gasteiger partial charge in [0.05, 0.1) is 11.4 Å². The van der Waals surface area contributed by atoms with Crippen molar-refractivity contribution in [3.63, 3.8) is 0 Å². The van der Waals surface area contributed by atoms with Crippen molar-refractivity contribution in [3.05, 3.63) is 59.6 Å². The number of nitrogens with one attached hydrogen (secondary N) is 3. The lowest BCUT2D eigenvalue weighted by atomic mass is 10.1. The molecule has 2 aliphatic heterocycles. The second kappa shape index (κ2) is 7.30. The van der Waals surface area contributed by atoms with Gasteiger partial charge < -0.3 is 26.6 Å². The third-order valence-electron chi connectivity index (χ3n) is 4.47. The van der Waals surface area contributed by atoms with Gasteiger partial charge >= 0.3 is 6.03 Å². The third-order valence-corrected chi connectivity index (χ3v) is 4.47. The standard InChI is InChI=1S/C18H21N5O3/c1-11-14(19)15(22-18(26)21-11)16(24)20-9-12-7-8-23(10-12)17(25)13-5-3-2-4-6-13/h2-6,12H,1,7-10,19H2,(H,20,24)(H2,21,22,26). The maximum absolute atomic E-state index is 12.4. The van der Waals surface area contributed by atoms with Crippen molar-refractivity contribution in [3.8, 4) is 0 Å². The van der Waals surface area contributed by atoms with E-state index < -0.39 is 11.9 Å². The van der Waals surface area contributed by atoms with E-state index in [0.29, 0.717) is 25.2 Å². The summed E-state index contributed by atoms with van der Waals surface area (Å²) in [5, 5.41) is 7.55. The van der Waals surface area contributed by atoms with Crippen LogP contribution in [0.4, 0.5) is 4.79 Å². The fourth-order valence-corrected chi connectivity index (χ4v) is 3.02. The van der Waals surface area contributed by atoms with Crippen LogP contribution >= 0.6 is 0 Å². The van der Waals surface area contributed by atoms with E-state index >= 15 is 0 Å². The van der Waals surface area contributed by atoms with Crippen molar-refractivity contribution >= 4 is 17.8 Å². The van der Waals surface area contributed by atoms with Crippen LogP contribution in [-0.2, 0) is 4.79 Å². The van der Waals surface area contributed by atoms with Crippen molar-refractivity contribution in [1.29, 1.82) is 0 Å². The predicted octanol–water partition coefficient (Wildman–Crippen LogP) is 0.262. The van der Waals surface area contributed by atoms with E-state index in [9.17, 15) is 14.4 Å². The molecule has 5 N–H and O–H groups in total. The van der Waals surface area contributed by atoms with Crippen LogP contribution in [0.1, 0.15) is 16.8 Å². The van der Waals surface area contributed by atoms with Crippen molar-refractivity contribution in [1.82, 2.24) is 20.9 Å². The Bertz CT molecular complexity index is 787. The van der Waals surface area contributed by atoms with E-state index in [4.69, 9.17) is 5.73 Å². The zero-order valence-corrected chi connectivity index (χ0v) is 14.2. The minimum atomic E-state index is -0.546. The van der Waals surface area contributed by atoms with Crippen LogP contribution in [-0.4, -0.2) is 42.4 Å². The molecule has 136 valence electrons. The second-order valence-corrected chi connectivity index (χ2v) is 6.33. The first-order chi connectivity index (χ1) is 12.5. The lowest BCUT2D eigenvalue weighted by molar-refractivity contribution is -0.118. The first kappa shape index (κ1) is 17.5. The summed E-state index contributed by atoms with van der Waals surface area (Å²) >= 11 is 0. The molecule has 3 rings (SSSR count). The summed E-state index contributed by atoms with van der Waals surface area (Å²) in [6.07, 6.45) is 0.800. The molecule has 1 saturated heterocycles. The Balaban J connectivity index is 1.54. The van der Waals surface area contributed by atoms with Gasteiger partial charge in [-0.25, -0.2) is 4.79 Å². The molecule has 2 aliphatic rings. The van der Waals surface area contributed by atoms with Gasteiger partial charge in [0.15, 0.2) is 0 Å². The number of amides is 4. The number of benzene rings is 1. The molecule has 4 amide bonds. The SMILES string of the molecule is C=C1NC(=O)NC(C(=O)NCC2CCN(C(=O)c3ccccc3)C2)=C1N. The van der Waals surface area contributed by atoms with E-state index in [1.165, 1.54) is 0 Å². The fourth-order valence-electron chi connectivity index (χ4n) is 3.02. The fraction of sp³-hybridized carbons (Fsp3) is 0.278. The molecule has 0 bridgehead atoms. The molecule has 0 aliphatic carbocycles. The number of hydrogen-bond acceptors (Lipinski definition) is 4. The Morgan fingerprint density at radius 3 is 2.73 bits per heavy atom. The summed E-state index contributed by atoms with van der Waals surface area (Å²) in [6, 6.07) is 8.57. The van der Waals surface area contributed by atoms with Crippen LogP contribution in [0.5, 0.6) is 0 Å². The topological polar surface area (TPSA) is 117 Å². The quantitative estimate of drug-likeness (QED) is 0.620. The minimum Gasteiger partial charge on any atom is -0.395 e. The van der Waals surface area contributed by atoms with Gasteiger partial charge in [0.2, 0.25) is 0 Å². The molecule has 1 aromatic rings. The second-order valence-electron chi connectivity index (χ2n) is 6.33. The molecule has 26 heavy (non-hydrogen) atoms. The lowest BCUT2D eigenvalue weighted by Gasteiger charge is -2.21. The summed E-state index contributed by atoms with van der Waals surface area (Å²) in [5.41, 5.74) is 6.74. The van der Waals surface area contributed by atoms with Gasteiger partial charge in [-0.2, -0.15) is 0 Å². The summed E-state index contributed by atoms with van der Waals surface area (Å²) in [4.78, 5) is 38.0. The number of carbonyl (C=O) groups excluding carboxylic acids is 3. The number of rotatable bonds is 4. The number of nitrogens with zero attached hydrogens (tertiary/aromatic N) is 1. The van der Waals surface area contributed by atoms with Gasteiger partial charge in [0.1, 0.15) is 5.70 Å². The van der Waals surface area contributed by atoms with E-state index in [-0.39, 0.29) is 28.9 Å². The Morgan fingerprint density at radius 1 is 1.27 bits per heavy atom. The first-order valence-electron chi connectivity index (χ1n) is 8.35. The van der Waals surface area contributed by atoms with Crippen LogP contribution in [0.3, 0.4) is 0 Å². The van der Waals surface area contributed by atoms with E-state index in [2.05, 4.69) is 22.5 Å². The van der Waals surface area contributed by atoms with Crippen LogP contribution in [0, 0.1) is 5.92 Å². The Hall–Kier alpha value is -3.29. The van der Waals surface area contributed by atoms with Crippen LogP contribution in [0.2, 0.25) is 0 Å². The molecule has 0 radical (unpaired) electrons. The molecule has 8 heteroatoms. The average molecular weight is 355 g/mol. The van der Waals surface area contributed by atoms with Gasteiger partial charge in [-0.1, -0.05) is 24.8 Å². The molecule has 0 spiro atoms. The third kappa shape index (κ3) is 3.69. The summed E-state index contributed by atoms with van der Waals surface area (Å²) in [6.45, 7) is 5.21. The van der Waals surface area contributed by atoms with Gasteiger partial charge in [-0.3, -0.25) is 9.59 Å². The summed E-state index contributed by atoms with van der Waals surface area (Å²) < 4.78 is 0. The van der Waals surface area contributed by atoms with Crippen molar-refractivity contribution in [2.75, 3.05) is 19.6 Å². The molecule has 1 aromatic carbocycles. The van der Waals surface area contributed by atoms with E-state index in [1.54, 1.807) is 17.0 Å².